The number of carbonyl (C=O) groups excluding carboxylic acids is 1. The summed E-state index contributed by atoms with van der Waals surface area (Å²) in [6.45, 7) is 2.72. The number of tetrazole rings is 1. The number of Topliss-reactive ketones (excluding diaryl/α,β-unsaturated/α-hetero) is 1. The molecular weight excluding hydrogens is 353 g/mol. The van der Waals surface area contributed by atoms with E-state index in [-0.39, 0.29) is 28.4 Å². The molecule has 24 heavy (non-hydrogen) atoms. The molecule has 1 aromatic heterocycles. The van der Waals surface area contributed by atoms with Gasteiger partial charge in [-0.3, -0.25) is 4.79 Å². The summed E-state index contributed by atoms with van der Waals surface area (Å²) in [7, 11) is 3.86. The minimum absolute atomic E-state index is 0.0252. The molecule has 9 heteroatoms. The lowest BCUT2D eigenvalue weighted by Gasteiger charge is -2.19. The number of H-pyrrole nitrogens is 1. The predicted octanol–water partition coefficient (Wildman–Crippen LogP) is 2.86. The van der Waals surface area contributed by atoms with Crippen LogP contribution in [0.5, 0.6) is 5.75 Å². The molecule has 0 fully saturated rings. The zero-order valence-corrected chi connectivity index (χ0v) is 15.2. The van der Waals surface area contributed by atoms with E-state index in [9.17, 15) is 4.79 Å². The number of carbonyl (C=O) groups is 1. The summed E-state index contributed by atoms with van der Waals surface area (Å²) in [5.41, 5.74) is 0.405. The number of hydrogen-bond donors (Lipinski definition) is 1. The third kappa shape index (κ3) is 4.43. The van der Waals surface area contributed by atoms with Crippen molar-refractivity contribution < 1.29 is 9.53 Å². The fraction of sp³-hybridized carbons (Fsp3) is 0.467. The monoisotopic (exact) mass is 371 g/mol. The zero-order valence-electron chi connectivity index (χ0n) is 13.7. The second kappa shape index (κ2) is 8.41. The van der Waals surface area contributed by atoms with E-state index in [4.69, 9.17) is 27.9 Å². The number of aromatic amines is 1. The summed E-state index contributed by atoms with van der Waals surface area (Å²) in [5.74, 6) is 0.588. The van der Waals surface area contributed by atoms with Crippen LogP contribution in [0, 0.1) is 5.92 Å². The number of nitrogens with zero attached hydrogens (tertiary/aromatic N) is 4. The van der Waals surface area contributed by atoms with Gasteiger partial charge in [-0.15, -0.1) is 10.2 Å². The molecule has 1 heterocycles. The van der Waals surface area contributed by atoms with Crippen molar-refractivity contribution in [3.05, 3.63) is 33.6 Å². The van der Waals surface area contributed by atoms with Crippen molar-refractivity contribution in [1.29, 1.82) is 0 Å². The normalized spacial score (nSPS) is 12.4. The van der Waals surface area contributed by atoms with E-state index in [1.807, 2.05) is 25.9 Å². The number of nitrogens with one attached hydrogen (secondary N) is 1. The molecule has 2 rings (SSSR count). The number of halogens is 2. The molecular formula is C15H19Cl2N5O2. The largest absolute Gasteiger partial charge is 0.484 e. The second-order valence-corrected chi connectivity index (χ2v) is 6.34. The van der Waals surface area contributed by atoms with Crippen molar-refractivity contribution in [2.75, 3.05) is 20.6 Å². The van der Waals surface area contributed by atoms with Crippen LogP contribution in [0.2, 0.25) is 10.0 Å². The lowest BCUT2D eigenvalue weighted by atomic mass is 9.94. The third-order valence-corrected chi connectivity index (χ3v) is 4.37. The molecule has 1 unspecified atom stereocenters. The molecule has 0 aliphatic carbocycles. The molecule has 1 atom stereocenters. The smallest absolute Gasteiger partial charge is 0.211 e. The van der Waals surface area contributed by atoms with Gasteiger partial charge in [0, 0.05) is 18.0 Å². The first-order valence-corrected chi connectivity index (χ1v) is 8.21. The van der Waals surface area contributed by atoms with Gasteiger partial charge in [-0.1, -0.05) is 35.3 Å². The lowest BCUT2D eigenvalue weighted by molar-refractivity contribution is 0.0894. The number of ketones is 1. The molecule has 2 aromatic rings. The third-order valence-electron chi connectivity index (χ3n) is 3.51. The topological polar surface area (TPSA) is 84.0 Å². The highest BCUT2D eigenvalue weighted by Crippen LogP contribution is 2.36. The Morgan fingerprint density at radius 1 is 1.33 bits per heavy atom. The Hall–Kier alpha value is -1.70. The Bertz CT molecular complexity index is 691. The van der Waals surface area contributed by atoms with Crippen molar-refractivity contribution in [3.63, 3.8) is 0 Å². The second-order valence-electron chi connectivity index (χ2n) is 5.59. The molecule has 0 spiro atoms. The van der Waals surface area contributed by atoms with Crippen LogP contribution in [0.15, 0.2) is 12.1 Å². The minimum atomic E-state index is -0.139. The van der Waals surface area contributed by atoms with Crippen LogP contribution < -0.4 is 4.74 Å². The fourth-order valence-electron chi connectivity index (χ4n) is 2.28. The van der Waals surface area contributed by atoms with E-state index < -0.39 is 0 Å². The average Bonchev–Trinajstić information content (AvgIpc) is 3.06. The van der Waals surface area contributed by atoms with Crippen LogP contribution >= 0.6 is 23.2 Å². The van der Waals surface area contributed by atoms with Crippen molar-refractivity contribution in [2.45, 2.75) is 20.0 Å². The Balaban J connectivity index is 2.17. The van der Waals surface area contributed by atoms with Gasteiger partial charge in [0.25, 0.3) is 0 Å². The van der Waals surface area contributed by atoms with E-state index >= 15 is 0 Å². The summed E-state index contributed by atoms with van der Waals surface area (Å²) < 4.78 is 5.53. The molecule has 0 bridgehead atoms. The Morgan fingerprint density at radius 2 is 2.08 bits per heavy atom. The summed E-state index contributed by atoms with van der Waals surface area (Å²) in [4.78, 5) is 14.7. The highest BCUT2D eigenvalue weighted by molar-refractivity contribution is 6.44. The minimum Gasteiger partial charge on any atom is -0.484 e. The van der Waals surface area contributed by atoms with E-state index in [0.29, 0.717) is 23.7 Å². The van der Waals surface area contributed by atoms with Gasteiger partial charge >= 0.3 is 0 Å². The maximum absolute atomic E-state index is 12.7. The molecule has 130 valence electrons. The van der Waals surface area contributed by atoms with Crippen molar-refractivity contribution in [2.24, 2.45) is 5.92 Å². The highest BCUT2D eigenvalue weighted by atomic mass is 35.5. The summed E-state index contributed by atoms with van der Waals surface area (Å²) in [5, 5.41) is 13.7. The summed E-state index contributed by atoms with van der Waals surface area (Å²) >= 11 is 12.5. The van der Waals surface area contributed by atoms with Crippen LogP contribution in [-0.4, -0.2) is 51.9 Å². The number of benzene rings is 1. The van der Waals surface area contributed by atoms with E-state index in [2.05, 4.69) is 20.6 Å². The molecule has 7 nitrogen and oxygen atoms in total. The van der Waals surface area contributed by atoms with Gasteiger partial charge in [0.05, 0.1) is 5.02 Å². The standard InChI is InChI=1S/C15H19Cl2N5O2/c1-4-9(7-22(2)3)15(23)10-5-6-11(14(17)13(10)16)24-8-12-18-20-21-19-12/h5-6,9H,4,7-8H2,1-3H3,(H,18,19,20,21). The summed E-state index contributed by atoms with van der Waals surface area (Å²) in [6.07, 6.45) is 0.723. The summed E-state index contributed by atoms with van der Waals surface area (Å²) in [6, 6.07) is 3.27. The first-order chi connectivity index (χ1) is 11.4. The molecule has 0 radical (unpaired) electrons. The molecule has 0 aliphatic rings. The molecule has 0 aliphatic heterocycles. The number of rotatable bonds is 8. The first-order valence-electron chi connectivity index (χ1n) is 7.46. The number of ether oxygens (including phenoxy) is 1. The predicted molar refractivity (Wildman–Crippen MR) is 91.6 cm³/mol. The van der Waals surface area contributed by atoms with E-state index in [0.717, 1.165) is 6.42 Å². The van der Waals surface area contributed by atoms with Crippen molar-refractivity contribution >= 4 is 29.0 Å². The van der Waals surface area contributed by atoms with Crippen molar-refractivity contribution in [3.8, 4) is 5.75 Å². The zero-order chi connectivity index (χ0) is 17.7. The van der Waals surface area contributed by atoms with Gasteiger partial charge in [0.2, 0.25) is 5.82 Å². The van der Waals surface area contributed by atoms with Gasteiger partial charge in [-0.05, 0) is 32.6 Å². The van der Waals surface area contributed by atoms with Crippen LogP contribution in [0.25, 0.3) is 0 Å². The van der Waals surface area contributed by atoms with Crippen LogP contribution in [0.1, 0.15) is 29.5 Å². The molecule has 0 amide bonds. The quantitative estimate of drug-likeness (QED) is 0.718. The Morgan fingerprint density at radius 3 is 2.67 bits per heavy atom. The average molecular weight is 372 g/mol. The molecule has 0 saturated heterocycles. The molecule has 1 N–H and O–H groups in total. The van der Waals surface area contributed by atoms with E-state index in [1.165, 1.54) is 0 Å². The van der Waals surface area contributed by atoms with Gasteiger partial charge in [-0.2, -0.15) is 5.21 Å². The van der Waals surface area contributed by atoms with Crippen LogP contribution in [0.3, 0.4) is 0 Å². The van der Waals surface area contributed by atoms with Gasteiger partial charge < -0.3 is 9.64 Å². The maximum atomic E-state index is 12.7. The van der Waals surface area contributed by atoms with Gasteiger partial charge in [0.1, 0.15) is 10.8 Å². The fourth-order valence-corrected chi connectivity index (χ4v) is 2.75. The number of hydrogen-bond acceptors (Lipinski definition) is 6. The van der Waals surface area contributed by atoms with Crippen molar-refractivity contribution in [1.82, 2.24) is 25.5 Å². The molecule has 0 saturated carbocycles. The van der Waals surface area contributed by atoms with Crippen LogP contribution in [-0.2, 0) is 6.61 Å². The first kappa shape index (κ1) is 18.6. The van der Waals surface area contributed by atoms with E-state index in [1.54, 1.807) is 12.1 Å². The highest BCUT2D eigenvalue weighted by Gasteiger charge is 2.23. The van der Waals surface area contributed by atoms with Crippen LogP contribution in [0.4, 0.5) is 0 Å². The maximum Gasteiger partial charge on any atom is 0.211 e. The number of aromatic nitrogens is 4. The Labute approximate surface area is 150 Å². The Kier molecular flexibility index (Phi) is 6.53. The van der Waals surface area contributed by atoms with Gasteiger partial charge in [-0.25, -0.2) is 0 Å². The SMILES string of the molecule is CCC(CN(C)C)C(=O)c1ccc(OCc2nn[nH]n2)c(Cl)c1Cl. The van der Waals surface area contributed by atoms with Gasteiger partial charge in [0.15, 0.2) is 12.4 Å². The lowest BCUT2D eigenvalue weighted by Crippen LogP contribution is -2.27. The molecule has 1 aromatic carbocycles.